The van der Waals surface area contributed by atoms with Gasteiger partial charge in [-0.1, -0.05) is 42.5 Å². The molecule has 1 saturated heterocycles. The lowest BCUT2D eigenvalue weighted by Gasteiger charge is -2.39. The highest BCUT2D eigenvalue weighted by Crippen LogP contribution is 2.35. The van der Waals surface area contributed by atoms with Gasteiger partial charge in [-0.2, -0.15) is 13.2 Å². The van der Waals surface area contributed by atoms with Crippen LogP contribution in [0.2, 0.25) is 0 Å². The lowest BCUT2D eigenvalue weighted by molar-refractivity contribution is -0.141. The van der Waals surface area contributed by atoms with Crippen LogP contribution in [0.15, 0.2) is 60.8 Å². The maximum absolute atomic E-state index is 13.3. The third-order valence-electron chi connectivity index (χ3n) is 5.13. The predicted octanol–water partition coefficient (Wildman–Crippen LogP) is 4.46. The quantitative estimate of drug-likeness (QED) is 0.627. The predicted molar refractivity (Wildman–Crippen MR) is 107 cm³/mol. The monoisotopic (exact) mass is 445 g/mol. The molecule has 166 valence electrons. The Balaban J connectivity index is 1.49. The summed E-state index contributed by atoms with van der Waals surface area (Å²) in [6.45, 7) is 0.439. The lowest BCUT2D eigenvalue weighted by atomic mass is 10.1. The molecule has 3 aromatic rings. The van der Waals surface area contributed by atoms with Crippen molar-refractivity contribution in [2.24, 2.45) is 0 Å². The van der Waals surface area contributed by atoms with Crippen molar-refractivity contribution in [2.75, 3.05) is 13.1 Å². The number of carboxylic acids is 1. The molecule has 0 saturated carbocycles. The van der Waals surface area contributed by atoms with Gasteiger partial charge >= 0.3 is 18.2 Å². The standard InChI is InChI=1S/C22H18F3N3O4/c23-22(24,25)18-12-28(19(26-18)15-6-8-16(9-7-15)20(29)30)17-10-27(11-17)21(31)32-13-14-4-2-1-3-5-14/h1-9,12,17H,10-11,13H2,(H,29,30). The van der Waals surface area contributed by atoms with Crippen LogP contribution in [0, 0.1) is 0 Å². The number of benzene rings is 2. The summed E-state index contributed by atoms with van der Waals surface area (Å²) < 4.78 is 46.5. The van der Waals surface area contributed by atoms with E-state index < -0.39 is 30.0 Å². The molecule has 7 nitrogen and oxygen atoms in total. The largest absolute Gasteiger partial charge is 0.478 e. The molecular weight excluding hydrogens is 427 g/mol. The highest BCUT2D eigenvalue weighted by Gasteiger charge is 2.39. The molecule has 10 heteroatoms. The first-order chi connectivity index (χ1) is 15.2. The molecule has 2 aromatic carbocycles. The summed E-state index contributed by atoms with van der Waals surface area (Å²) >= 11 is 0. The number of likely N-dealkylation sites (tertiary alicyclic amines) is 1. The number of rotatable bonds is 5. The zero-order chi connectivity index (χ0) is 22.9. The summed E-state index contributed by atoms with van der Waals surface area (Å²) in [4.78, 5) is 28.4. The third-order valence-corrected chi connectivity index (χ3v) is 5.13. The van der Waals surface area contributed by atoms with E-state index in [0.29, 0.717) is 5.56 Å². The van der Waals surface area contributed by atoms with Crippen molar-refractivity contribution in [3.63, 3.8) is 0 Å². The maximum atomic E-state index is 13.3. The van der Waals surface area contributed by atoms with E-state index in [2.05, 4.69) is 4.98 Å². The Hall–Kier alpha value is -3.82. The van der Waals surface area contributed by atoms with Crippen molar-refractivity contribution in [3.8, 4) is 11.4 Å². The second-order valence-electron chi connectivity index (χ2n) is 7.34. The number of alkyl halides is 3. The number of imidazole rings is 1. The fourth-order valence-corrected chi connectivity index (χ4v) is 3.37. The fourth-order valence-electron chi connectivity index (χ4n) is 3.37. The molecule has 1 fully saturated rings. The number of hydrogen-bond acceptors (Lipinski definition) is 4. The van der Waals surface area contributed by atoms with E-state index >= 15 is 0 Å². The van der Waals surface area contributed by atoms with Gasteiger partial charge < -0.3 is 19.3 Å². The van der Waals surface area contributed by atoms with Crippen LogP contribution >= 0.6 is 0 Å². The van der Waals surface area contributed by atoms with Crippen molar-refractivity contribution in [2.45, 2.75) is 18.8 Å². The van der Waals surface area contributed by atoms with Gasteiger partial charge in [0, 0.05) is 24.8 Å². The molecule has 0 aliphatic carbocycles. The molecule has 0 unspecified atom stereocenters. The number of nitrogens with zero attached hydrogens (tertiary/aromatic N) is 3. The van der Waals surface area contributed by atoms with Gasteiger partial charge in [-0.3, -0.25) is 0 Å². The smallest absolute Gasteiger partial charge is 0.434 e. The zero-order valence-corrected chi connectivity index (χ0v) is 16.6. The molecule has 0 spiro atoms. The zero-order valence-electron chi connectivity index (χ0n) is 16.6. The van der Waals surface area contributed by atoms with Gasteiger partial charge in [-0.25, -0.2) is 14.6 Å². The third kappa shape index (κ3) is 4.43. The number of halogens is 3. The van der Waals surface area contributed by atoms with Gasteiger partial charge in [0.05, 0.1) is 11.6 Å². The number of ether oxygens (including phenoxy) is 1. The van der Waals surface area contributed by atoms with E-state index in [1.807, 2.05) is 30.3 Å². The van der Waals surface area contributed by atoms with Crippen molar-refractivity contribution < 1.29 is 32.6 Å². The minimum Gasteiger partial charge on any atom is -0.478 e. The summed E-state index contributed by atoms with van der Waals surface area (Å²) in [5.74, 6) is -1.09. The van der Waals surface area contributed by atoms with E-state index in [9.17, 15) is 22.8 Å². The summed E-state index contributed by atoms with van der Waals surface area (Å²) in [5, 5.41) is 9.03. The van der Waals surface area contributed by atoms with Crippen LogP contribution in [0.3, 0.4) is 0 Å². The number of carboxylic acid groups (broad SMARTS) is 1. The van der Waals surface area contributed by atoms with E-state index in [-0.39, 0.29) is 31.1 Å². The first-order valence-corrected chi connectivity index (χ1v) is 9.68. The van der Waals surface area contributed by atoms with Gasteiger partial charge in [0.15, 0.2) is 5.69 Å². The molecule has 1 aliphatic heterocycles. The molecule has 1 N–H and O–H groups in total. The fraction of sp³-hybridized carbons (Fsp3) is 0.227. The number of hydrogen-bond donors (Lipinski definition) is 1. The average molecular weight is 445 g/mol. The van der Waals surface area contributed by atoms with E-state index in [4.69, 9.17) is 9.84 Å². The maximum Gasteiger partial charge on any atom is 0.434 e. The Kier molecular flexibility index (Phi) is 5.60. The lowest BCUT2D eigenvalue weighted by Crippen LogP contribution is -2.50. The van der Waals surface area contributed by atoms with E-state index in [1.54, 1.807) is 0 Å². The molecule has 0 atom stereocenters. The Morgan fingerprint density at radius 3 is 2.31 bits per heavy atom. The number of carbonyl (C=O) groups excluding carboxylic acids is 1. The highest BCUT2D eigenvalue weighted by atomic mass is 19.4. The highest BCUT2D eigenvalue weighted by molar-refractivity contribution is 5.88. The van der Waals surface area contributed by atoms with Crippen LogP contribution in [0.1, 0.15) is 27.7 Å². The van der Waals surface area contributed by atoms with E-state index in [0.717, 1.165) is 11.8 Å². The van der Waals surface area contributed by atoms with Gasteiger partial charge in [0.25, 0.3) is 0 Å². The Morgan fingerprint density at radius 1 is 1.06 bits per heavy atom. The average Bonchev–Trinajstić information content (AvgIpc) is 3.17. The normalized spacial score (nSPS) is 14.2. The minimum absolute atomic E-state index is 0.0129. The van der Waals surface area contributed by atoms with Gasteiger partial charge in [-0.05, 0) is 17.7 Å². The molecule has 1 aromatic heterocycles. The van der Waals surface area contributed by atoms with Gasteiger partial charge in [-0.15, -0.1) is 0 Å². The summed E-state index contributed by atoms with van der Waals surface area (Å²) in [5.41, 5.74) is 0.129. The van der Waals surface area contributed by atoms with Crippen molar-refractivity contribution in [1.29, 1.82) is 0 Å². The second-order valence-corrected chi connectivity index (χ2v) is 7.34. The van der Waals surface area contributed by atoms with Gasteiger partial charge in [0.1, 0.15) is 12.4 Å². The first-order valence-electron chi connectivity index (χ1n) is 9.68. The Bertz CT molecular complexity index is 1120. The van der Waals surface area contributed by atoms with Crippen molar-refractivity contribution in [3.05, 3.63) is 77.6 Å². The molecule has 4 rings (SSSR count). The van der Waals surface area contributed by atoms with Crippen LogP contribution in [-0.4, -0.2) is 44.7 Å². The molecular formula is C22H18F3N3O4. The molecule has 2 heterocycles. The number of aromatic nitrogens is 2. The number of amides is 1. The van der Waals surface area contributed by atoms with Crippen molar-refractivity contribution in [1.82, 2.24) is 14.5 Å². The summed E-state index contributed by atoms with van der Waals surface area (Å²) in [6, 6.07) is 14.1. The molecule has 0 radical (unpaired) electrons. The minimum atomic E-state index is -4.64. The topological polar surface area (TPSA) is 84.7 Å². The number of carbonyl (C=O) groups is 2. The molecule has 1 aliphatic rings. The second kappa shape index (κ2) is 8.37. The van der Waals surface area contributed by atoms with Crippen LogP contribution < -0.4 is 0 Å². The van der Waals surface area contributed by atoms with E-state index in [1.165, 1.54) is 33.7 Å². The van der Waals surface area contributed by atoms with Crippen LogP contribution in [-0.2, 0) is 17.5 Å². The molecule has 1 amide bonds. The Morgan fingerprint density at radius 2 is 1.72 bits per heavy atom. The molecule has 32 heavy (non-hydrogen) atoms. The van der Waals surface area contributed by atoms with Crippen LogP contribution in [0.5, 0.6) is 0 Å². The van der Waals surface area contributed by atoms with Gasteiger partial charge in [0.2, 0.25) is 0 Å². The number of aromatic carboxylic acids is 1. The summed E-state index contributed by atoms with van der Waals surface area (Å²) in [6.07, 6.45) is -4.27. The molecule has 0 bridgehead atoms. The van der Waals surface area contributed by atoms with Crippen LogP contribution in [0.25, 0.3) is 11.4 Å². The SMILES string of the molecule is O=C(O)c1ccc(-c2nc(C(F)(F)F)cn2C2CN(C(=O)OCc3ccccc3)C2)cc1. The van der Waals surface area contributed by atoms with Crippen molar-refractivity contribution >= 4 is 12.1 Å². The van der Waals surface area contributed by atoms with Crippen LogP contribution in [0.4, 0.5) is 18.0 Å². The Labute approximate surface area is 180 Å². The summed E-state index contributed by atoms with van der Waals surface area (Å²) in [7, 11) is 0. The first kappa shape index (κ1) is 21.4.